The molecule has 2 N–H and O–H groups in total. The molecule has 3 nitrogen and oxygen atoms in total. The van der Waals surface area contributed by atoms with Crippen LogP contribution in [0.4, 0.5) is 5.69 Å². The summed E-state index contributed by atoms with van der Waals surface area (Å²) in [7, 11) is 0. The molecule has 0 saturated heterocycles. The quantitative estimate of drug-likeness (QED) is 0.906. The van der Waals surface area contributed by atoms with Gasteiger partial charge >= 0.3 is 0 Å². The van der Waals surface area contributed by atoms with Gasteiger partial charge in [0.2, 0.25) is 0 Å². The number of hydrogen-bond donors (Lipinski definition) is 1. The average Bonchev–Trinajstić information content (AvgIpc) is 2.45. The highest BCUT2D eigenvalue weighted by Gasteiger charge is 2.11. The standard InChI is InChI=1S/C17H23N3/c1-13(2)20(12-16-8-14(3)10-19-11-16)17-6-4-15(9-18)5-7-17/h4-8,10-11,13H,9,12,18H2,1-3H3. The van der Waals surface area contributed by atoms with Crippen LogP contribution in [0.25, 0.3) is 0 Å². The summed E-state index contributed by atoms with van der Waals surface area (Å²) in [4.78, 5) is 6.65. The Labute approximate surface area is 121 Å². The summed E-state index contributed by atoms with van der Waals surface area (Å²) in [6.45, 7) is 7.95. The second kappa shape index (κ2) is 6.53. The molecule has 0 amide bonds. The van der Waals surface area contributed by atoms with Crippen LogP contribution in [0.5, 0.6) is 0 Å². The molecule has 0 aliphatic rings. The molecular weight excluding hydrogens is 246 g/mol. The van der Waals surface area contributed by atoms with E-state index in [1.165, 1.54) is 16.8 Å². The number of benzene rings is 1. The van der Waals surface area contributed by atoms with E-state index in [1.54, 1.807) is 0 Å². The molecule has 0 bridgehead atoms. The molecule has 1 aromatic carbocycles. The zero-order valence-electron chi connectivity index (χ0n) is 12.5. The lowest BCUT2D eigenvalue weighted by Gasteiger charge is -2.29. The van der Waals surface area contributed by atoms with Crippen molar-refractivity contribution >= 4 is 5.69 Å². The normalized spacial score (nSPS) is 10.8. The summed E-state index contributed by atoms with van der Waals surface area (Å²) >= 11 is 0. The zero-order valence-corrected chi connectivity index (χ0v) is 12.5. The van der Waals surface area contributed by atoms with Gasteiger partial charge in [-0.25, -0.2) is 0 Å². The molecule has 0 aliphatic heterocycles. The van der Waals surface area contributed by atoms with Crippen LogP contribution in [-0.2, 0) is 13.1 Å². The molecule has 0 radical (unpaired) electrons. The molecular formula is C17H23N3. The zero-order chi connectivity index (χ0) is 14.5. The van der Waals surface area contributed by atoms with Gasteiger partial charge in [0.1, 0.15) is 0 Å². The van der Waals surface area contributed by atoms with Gasteiger partial charge in [-0.2, -0.15) is 0 Å². The van der Waals surface area contributed by atoms with Gasteiger partial charge in [-0.05, 0) is 49.6 Å². The van der Waals surface area contributed by atoms with Crippen LogP contribution < -0.4 is 10.6 Å². The Bertz CT molecular complexity index is 546. The topological polar surface area (TPSA) is 42.2 Å². The van der Waals surface area contributed by atoms with E-state index >= 15 is 0 Å². The molecule has 0 fully saturated rings. The second-order valence-electron chi connectivity index (χ2n) is 5.46. The molecule has 0 atom stereocenters. The van der Waals surface area contributed by atoms with Crippen molar-refractivity contribution in [2.45, 2.75) is 39.9 Å². The van der Waals surface area contributed by atoms with E-state index in [-0.39, 0.29) is 0 Å². The van der Waals surface area contributed by atoms with Crippen LogP contribution in [0.2, 0.25) is 0 Å². The third kappa shape index (κ3) is 3.58. The molecule has 1 aromatic heterocycles. The minimum atomic E-state index is 0.430. The highest BCUT2D eigenvalue weighted by atomic mass is 15.1. The molecule has 0 aliphatic carbocycles. The number of aromatic nitrogens is 1. The lowest BCUT2D eigenvalue weighted by Crippen LogP contribution is -2.30. The van der Waals surface area contributed by atoms with Gasteiger partial charge in [0.25, 0.3) is 0 Å². The SMILES string of the molecule is Cc1cncc(CN(c2ccc(CN)cc2)C(C)C)c1. The van der Waals surface area contributed by atoms with Gasteiger partial charge in [0, 0.05) is 37.2 Å². The van der Waals surface area contributed by atoms with Crippen molar-refractivity contribution in [1.29, 1.82) is 0 Å². The monoisotopic (exact) mass is 269 g/mol. The maximum atomic E-state index is 5.65. The number of rotatable bonds is 5. The van der Waals surface area contributed by atoms with Crippen LogP contribution >= 0.6 is 0 Å². The van der Waals surface area contributed by atoms with Gasteiger partial charge in [0.15, 0.2) is 0 Å². The number of nitrogens with zero attached hydrogens (tertiary/aromatic N) is 2. The van der Waals surface area contributed by atoms with E-state index in [0.29, 0.717) is 12.6 Å². The number of aryl methyl sites for hydroxylation is 1. The number of nitrogens with two attached hydrogens (primary N) is 1. The van der Waals surface area contributed by atoms with Gasteiger partial charge in [-0.1, -0.05) is 18.2 Å². The first kappa shape index (κ1) is 14.5. The number of anilines is 1. The van der Waals surface area contributed by atoms with E-state index in [9.17, 15) is 0 Å². The minimum Gasteiger partial charge on any atom is -0.365 e. The Morgan fingerprint density at radius 1 is 1.10 bits per heavy atom. The first-order valence-electron chi connectivity index (χ1n) is 7.06. The smallest absolute Gasteiger partial charge is 0.0447 e. The molecule has 0 unspecified atom stereocenters. The third-order valence-corrected chi connectivity index (χ3v) is 3.41. The van der Waals surface area contributed by atoms with Crippen molar-refractivity contribution in [2.75, 3.05) is 4.90 Å². The van der Waals surface area contributed by atoms with Crippen LogP contribution in [0.1, 0.15) is 30.5 Å². The van der Waals surface area contributed by atoms with E-state index in [1.807, 2.05) is 12.4 Å². The van der Waals surface area contributed by atoms with E-state index in [4.69, 9.17) is 5.73 Å². The van der Waals surface area contributed by atoms with Gasteiger partial charge in [0.05, 0.1) is 0 Å². The second-order valence-corrected chi connectivity index (χ2v) is 5.46. The Hall–Kier alpha value is -1.87. The van der Waals surface area contributed by atoms with E-state index < -0.39 is 0 Å². The van der Waals surface area contributed by atoms with Crippen LogP contribution in [-0.4, -0.2) is 11.0 Å². The Morgan fingerprint density at radius 2 is 1.80 bits per heavy atom. The van der Waals surface area contributed by atoms with Gasteiger partial charge in [-0.15, -0.1) is 0 Å². The molecule has 1 heterocycles. The predicted molar refractivity (Wildman–Crippen MR) is 84.6 cm³/mol. The summed E-state index contributed by atoms with van der Waals surface area (Å²) < 4.78 is 0. The minimum absolute atomic E-state index is 0.430. The third-order valence-electron chi connectivity index (χ3n) is 3.41. The highest BCUT2D eigenvalue weighted by molar-refractivity contribution is 5.49. The Morgan fingerprint density at radius 3 is 2.35 bits per heavy atom. The fourth-order valence-electron chi connectivity index (χ4n) is 2.30. The molecule has 0 spiro atoms. The molecule has 20 heavy (non-hydrogen) atoms. The first-order valence-corrected chi connectivity index (χ1v) is 7.06. The number of hydrogen-bond acceptors (Lipinski definition) is 3. The summed E-state index contributed by atoms with van der Waals surface area (Å²) in [5, 5.41) is 0. The van der Waals surface area contributed by atoms with E-state index in [2.05, 4.69) is 61.0 Å². The lowest BCUT2D eigenvalue weighted by atomic mass is 10.1. The highest BCUT2D eigenvalue weighted by Crippen LogP contribution is 2.20. The fourth-order valence-corrected chi connectivity index (χ4v) is 2.30. The first-order chi connectivity index (χ1) is 9.60. The van der Waals surface area contributed by atoms with Crippen molar-refractivity contribution in [3.05, 3.63) is 59.4 Å². The Balaban J connectivity index is 2.22. The van der Waals surface area contributed by atoms with Crippen LogP contribution in [0, 0.1) is 6.92 Å². The summed E-state index contributed by atoms with van der Waals surface area (Å²) in [6, 6.07) is 11.1. The Kier molecular flexibility index (Phi) is 4.74. The molecule has 2 aromatic rings. The van der Waals surface area contributed by atoms with Crippen LogP contribution in [0.3, 0.4) is 0 Å². The predicted octanol–water partition coefficient (Wildman–Crippen LogP) is 3.26. The van der Waals surface area contributed by atoms with Crippen LogP contribution in [0.15, 0.2) is 42.7 Å². The largest absolute Gasteiger partial charge is 0.365 e. The average molecular weight is 269 g/mol. The van der Waals surface area contributed by atoms with Gasteiger partial charge in [-0.3, -0.25) is 4.98 Å². The summed E-state index contributed by atoms with van der Waals surface area (Å²) in [5.41, 5.74) is 10.5. The molecule has 0 saturated carbocycles. The molecule has 3 heteroatoms. The maximum absolute atomic E-state index is 5.65. The van der Waals surface area contributed by atoms with Gasteiger partial charge < -0.3 is 10.6 Å². The van der Waals surface area contributed by atoms with Crippen molar-refractivity contribution in [2.24, 2.45) is 5.73 Å². The molecule has 2 rings (SSSR count). The lowest BCUT2D eigenvalue weighted by molar-refractivity contribution is 0.681. The molecule has 106 valence electrons. The van der Waals surface area contributed by atoms with Crippen molar-refractivity contribution < 1.29 is 0 Å². The van der Waals surface area contributed by atoms with Crippen molar-refractivity contribution in [3.63, 3.8) is 0 Å². The summed E-state index contributed by atoms with van der Waals surface area (Å²) in [5.74, 6) is 0. The number of pyridine rings is 1. The fraction of sp³-hybridized carbons (Fsp3) is 0.353. The van der Waals surface area contributed by atoms with Crippen molar-refractivity contribution in [1.82, 2.24) is 4.98 Å². The van der Waals surface area contributed by atoms with Crippen molar-refractivity contribution in [3.8, 4) is 0 Å². The van der Waals surface area contributed by atoms with E-state index in [0.717, 1.165) is 12.1 Å². The maximum Gasteiger partial charge on any atom is 0.0447 e. The summed E-state index contributed by atoms with van der Waals surface area (Å²) in [6.07, 6.45) is 3.83.